The van der Waals surface area contributed by atoms with Crippen molar-refractivity contribution in [1.29, 1.82) is 0 Å². The molecule has 0 N–H and O–H groups in total. The Bertz CT molecular complexity index is 523. The zero-order chi connectivity index (χ0) is 12.3. The molecule has 0 bridgehead atoms. The summed E-state index contributed by atoms with van der Waals surface area (Å²) in [7, 11) is 3.30. The maximum atomic E-state index is 5.39. The highest BCUT2D eigenvalue weighted by molar-refractivity contribution is 5.73. The first-order valence-electron chi connectivity index (χ1n) is 5.40. The molecule has 0 aliphatic carbocycles. The summed E-state index contributed by atoms with van der Waals surface area (Å²) in [6, 6.07) is 9.74. The Labute approximate surface area is 101 Å². The summed E-state index contributed by atoms with van der Waals surface area (Å²) in [6.07, 6.45) is 1.79. The summed E-state index contributed by atoms with van der Waals surface area (Å²) in [4.78, 5) is 4.29. The Morgan fingerprint density at radius 3 is 2.47 bits per heavy atom. The Kier molecular flexibility index (Phi) is 3.28. The van der Waals surface area contributed by atoms with Crippen LogP contribution < -0.4 is 9.47 Å². The molecule has 0 aliphatic rings. The van der Waals surface area contributed by atoms with Crippen LogP contribution in [0.25, 0.3) is 11.1 Å². The second-order valence-electron chi connectivity index (χ2n) is 3.70. The van der Waals surface area contributed by atoms with Crippen molar-refractivity contribution in [3.05, 3.63) is 42.2 Å². The van der Waals surface area contributed by atoms with Gasteiger partial charge in [-0.2, -0.15) is 0 Å². The number of aromatic nitrogens is 1. The Morgan fingerprint density at radius 1 is 1.00 bits per heavy atom. The lowest BCUT2D eigenvalue weighted by atomic mass is 10.0. The Hall–Kier alpha value is -2.03. The SMILES string of the molecule is COc1ccc(-c2cccnc2C)c(OC)c1. The van der Waals surface area contributed by atoms with E-state index < -0.39 is 0 Å². The summed E-state index contributed by atoms with van der Waals surface area (Å²) in [6.45, 7) is 1.99. The molecule has 0 spiro atoms. The van der Waals surface area contributed by atoms with Crippen LogP contribution in [0.3, 0.4) is 0 Å². The second-order valence-corrected chi connectivity index (χ2v) is 3.70. The van der Waals surface area contributed by atoms with Crippen molar-refractivity contribution in [3.8, 4) is 22.6 Å². The van der Waals surface area contributed by atoms with Crippen LogP contribution in [-0.2, 0) is 0 Å². The molecule has 0 radical (unpaired) electrons. The van der Waals surface area contributed by atoms with E-state index in [1.807, 2.05) is 37.3 Å². The fourth-order valence-electron chi connectivity index (χ4n) is 1.79. The van der Waals surface area contributed by atoms with E-state index in [2.05, 4.69) is 4.98 Å². The number of methoxy groups -OCH3 is 2. The lowest BCUT2D eigenvalue weighted by Crippen LogP contribution is -1.92. The molecule has 0 saturated heterocycles. The predicted molar refractivity (Wildman–Crippen MR) is 67.5 cm³/mol. The van der Waals surface area contributed by atoms with E-state index in [0.717, 1.165) is 28.3 Å². The average molecular weight is 229 g/mol. The van der Waals surface area contributed by atoms with Crippen LogP contribution in [0.4, 0.5) is 0 Å². The lowest BCUT2D eigenvalue weighted by molar-refractivity contribution is 0.395. The monoisotopic (exact) mass is 229 g/mol. The fourth-order valence-corrected chi connectivity index (χ4v) is 1.79. The second kappa shape index (κ2) is 4.87. The summed E-state index contributed by atoms with van der Waals surface area (Å²) in [5.41, 5.74) is 3.09. The maximum absolute atomic E-state index is 5.39. The highest BCUT2D eigenvalue weighted by Crippen LogP contribution is 2.34. The number of aryl methyl sites for hydroxylation is 1. The molecule has 0 unspecified atom stereocenters. The van der Waals surface area contributed by atoms with Crippen LogP contribution in [0.2, 0.25) is 0 Å². The summed E-state index contributed by atoms with van der Waals surface area (Å²) < 4.78 is 10.6. The number of ether oxygens (including phenoxy) is 2. The topological polar surface area (TPSA) is 31.4 Å². The summed E-state index contributed by atoms with van der Waals surface area (Å²) in [5.74, 6) is 1.58. The number of hydrogen-bond acceptors (Lipinski definition) is 3. The van der Waals surface area contributed by atoms with E-state index in [0.29, 0.717) is 0 Å². The van der Waals surface area contributed by atoms with Gasteiger partial charge >= 0.3 is 0 Å². The van der Waals surface area contributed by atoms with Crippen LogP contribution in [0, 0.1) is 6.92 Å². The van der Waals surface area contributed by atoms with Gasteiger partial charge in [-0.3, -0.25) is 4.98 Å². The zero-order valence-corrected chi connectivity index (χ0v) is 10.2. The van der Waals surface area contributed by atoms with Crippen LogP contribution in [0.15, 0.2) is 36.5 Å². The molecular formula is C14H15NO2. The van der Waals surface area contributed by atoms with E-state index in [-0.39, 0.29) is 0 Å². The van der Waals surface area contributed by atoms with E-state index in [9.17, 15) is 0 Å². The standard InChI is InChI=1S/C14H15NO2/c1-10-12(5-4-8-15-10)13-7-6-11(16-2)9-14(13)17-3/h4-9H,1-3H3. The molecule has 0 fully saturated rings. The summed E-state index contributed by atoms with van der Waals surface area (Å²) in [5, 5.41) is 0. The third kappa shape index (κ3) is 2.23. The van der Waals surface area contributed by atoms with Crippen molar-refractivity contribution in [2.24, 2.45) is 0 Å². The molecule has 88 valence electrons. The van der Waals surface area contributed by atoms with Gasteiger partial charge in [-0.1, -0.05) is 6.07 Å². The molecule has 0 atom stereocenters. The fraction of sp³-hybridized carbons (Fsp3) is 0.214. The van der Waals surface area contributed by atoms with Gasteiger partial charge in [-0.05, 0) is 25.1 Å². The molecule has 17 heavy (non-hydrogen) atoms. The highest BCUT2D eigenvalue weighted by Gasteiger charge is 2.09. The maximum Gasteiger partial charge on any atom is 0.130 e. The molecule has 0 amide bonds. The normalized spacial score (nSPS) is 10.1. The molecule has 1 aromatic carbocycles. The van der Waals surface area contributed by atoms with E-state index >= 15 is 0 Å². The van der Waals surface area contributed by atoms with Crippen LogP contribution in [0.1, 0.15) is 5.69 Å². The van der Waals surface area contributed by atoms with Crippen molar-refractivity contribution in [2.45, 2.75) is 6.92 Å². The number of rotatable bonds is 3. The third-order valence-corrected chi connectivity index (χ3v) is 2.71. The Morgan fingerprint density at radius 2 is 1.82 bits per heavy atom. The van der Waals surface area contributed by atoms with Crippen LogP contribution >= 0.6 is 0 Å². The molecule has 1 aromatic heterocycles. The minimum absolute atomic E-state index is 0.784. The molecular weight excluding hydrogens is 214 g/mol. The predicted octanol–water partition coefficient (Wildman–Crippen LogP) is 3.07. The van der Waals surface area contributed by atoms with Gasteiger partial charge in [0.25, 0.3) is 0 Å². The number of hydrogen-bond donors (Lipinski definition) is 0. The van der Waals surface area contributed by atoms with Crippen molar-refractivity contribution in [2.75, 3.05) is 14.2 Å². The molecule has 3 heteroatoms. The lowest BCUT2D eigenvalue weighted by Gasteiger charge is -2.11. The first kappa shape index (κ1) is 11.5. The van der Waals surface area contributed by atoms with Crippen LogP contribution in [-0.4, -0.2) is 19.2 Å². The molecule has 0 saturated carbocycles. The molecule has 3 nitrogen and oxygen atoms in total. The van der Waals surface area contributed by atoms with Gasteiger partial charge < -0.3 is 9.47 Å². The molecule has 2 aromatic rings. The van der Waals surface area contributed by atoms with Crippen molar-refractivity contribution in [3.63, 3.8) is 0 Å². The third-order valence-electron chi connectivity index (χ3n) is 2.71. The average Bonchev–Trinajstić information content (AvgIpc) is 2.38. The summed E-state index contributed by atoms with van der Waals surface area (Å²) >= 11 is 0. The number of nitrogens with zero attached hydrogens (tertiary/aromatic N) is 1. The van der Waals surface area contributed by atoms with Gasteiger partial charge in [0.05, 0.1) is 14.2 Å². The first-order valence-corrected chi connectivity index (χ1v) is 5.40. The van der Waals surface area contributed by atoms with Crippen molar-refractivity contribution < 1.29 is 9.47 Å². The smallest absolute Gasteiger partial charge is 0.130 e. The first-order chi connectivity index (χ1) is 8.26. The minimum Gasteiger partial charge on any atom is -0.497 e. The highest BCUT2D eigenvalue weighted by atomic mass is 16.5. The van der Waals surface area contributed by atoms with E-state index in [1.54, 1.807) is 20.4 Å². The number of benzene rings is 1. The zero-order valence-electron chi connectivity index (χ0n) is 10.2. The molecule has 0 aliphatic heterocycles. The van der Waals surface area contributed by atoms with Gasteiger partial charge in [0.15, 0.2) is 0 Å². The van der Waals surface area contributed by atoms with Crippen molar-refractivity contribution >= 4 is 0 Å². The van der Waals surface area contributed by atoms with Crippen LogP contribution in [0.5, 0.6) is 11.5 Å². The molecule has 2 rings (SSSR count). The van der Waals surface area contributed by atoms with Gasteiger partial charge in [-0.25, -0.2) is 0 Å². The van der Waals surface area contributed by atoms with Gasteiger partial charge in [-0.15, -0.1) is 0 Å². The van der Waals surface area contributed by atoms with Gasteiger partial charge in [0, 0.05) is 29.1 Å². The minimum atomic E-state index is 0.784. The Balaban J connectivity index is 2.56. The van der Waals surface area contributed by atoms with E-state index in [1.165, 1.54) is 0 Å². The molecule has 1 heterocycles. The van der Waals surface area contributed by atoms with Gasteiger partial charge in [0.1, 0.15) is 11.5 Å². The number of pyridine rings is 1. The van der Waals surface area contributed by atoms with E-state index in [4.69, 9.17) is 9.47 Å². The van der Waals surface area contributed by atoms with Crippen molar-refractivity contribution in [1.82, 2.24) is 4.98 Å². The quantitative estimate of drug-likeness (QED) is 0.810. The van der Waals surface area contributed by atoms with Gasteiger partial charge in [0.2, 0.25) is 0 Å². The largest absolute Gasteiger partial charge is 0.497 e.